The van der Waals surface area contributed by atoms with E-state index in [1.807, 2.05) is 0 Å². The highest BCUT2D eigenvalue weighted by atomic mass is 14.2. The van der Waals surface area contributed by atoms with Crippen LogP contribution < -0.4 is 0 Å². The summed E-state index contributed by atoms with van der Waals surface area (Å²) in [5.74, 6) is 0.879. The molecule has 0 N–H and O–H groups in total. The SMILES string of the molecule is c1cc2c(cc1C1CCCCC1)CCC2. The minimum Gasteiger partial charge on any atom is -0.0585 e. The average molecular weight is 200 g/mol. The Labute approximate surface area is 92.7 Å². The standard InChI is InChI=1S/C15H20/c1-2-5-12(6-3-1)15-10-9-13-7-4-8-14(13)11-15/h9-12H,1-8H2. The van der Waals surface area contributed by atoms with E-state index in [-0.39, 0.29) is 0 Å². The van der Waals surface area contributed by atoms with Crippen molar-refractivity contribution in [2.75, 3.05) is 0 Å². The number of hydrogen-bond acceptors (Lipinski definition) is 0. The molecule has 1 aromatic rings. The lowest BCUT2D eigenvalue weighted by Gasteiger charge is -2.22. The number of hydrogen-bond donors (Lipinski definition) is 0. The molecule has 0 spiro atoms. The third-order valence-corrected chi connectivity index (χ3v) is 4.20. The number of fused-ring (bicyclic) bond motifs is 1. The molecule has 3 rings (SSSR count). The zero-order valence-corrected chi connectivity index (χ0v) is 9.47. The molecule has 0 bridgehead atoms. The molecule has 2 aliphatic carbocycles. The molecule has 0 radical (unpaired) electrons. The van der Waals surface area contributed by atoms with E-state index < -0.39 is 0 Å². The van der Waals surface area contributed by atoms with Crippen LogP contribution in [0.1, 0.15) is 61.1 Å². The summed E-state index contributed by atoms with van der Waals surface area (Å²) < 4.78 is 0. The number of benzene rings is 1. The minimum absolute atomic E-state index is 0.879. The average Bonchev–Trinajstić information content (AvgIpc) is 2.77. The van der Waals surface area contributed by atoms with E-state index in [1.54, 1.807) is 16.7 Å². The van der Waals surface area contributed by atoms with Crippen molar-refractivity contribution in [3.05, 3.63) is 34.9 Å². The Bertz CT molecular complexity index is 345. The third-order valence-electron chi connectivity index (χ3n) is 4.20. The van der Waals surface area contributed by atoms with E-state index in [2.05, 4.69) is 18.2 Å². The highest BCUT2D eigenvalue weighted by Crippen LogP contribution is 2.34. The van der Waals surface area contributed by atoms with Crippen molar-refractivity contribution in [2.45, 2.75) is 57.3 Å². The van der Waals surface area contributed by atoms with Crippen LogP contribution in [0.25, 0.3) is 0 Å². The van der Waals surface area contributed by atoms with Crippen molar-refractivity contribution >= 4 is 0 Å². The summed E-state index contributed by atoms with van der Waals surface area (Å²) >= 11 is 0. The Morgan fingerprint density at radius 1 is 0.800 bits per heavy atom. The van der Waals surface area contributed by atoms with Gasteiger partial charge in [-0.25, -0.2) is 0 Å². The van der Waals surface area contributed by atoms with E-state index in [4.69, 9.17) is 0 Å². The van der Waals surface area contributed by atoms with E-state index in [0.717, 1.165) is 5.92 Å². The maximum absolute atomic E-state index is 2.51. The molecule has 80 valence electrons. The molecule has 0 aromatic heterocycles. The zero-order chi connectivity index (χ0) is 10.1. The van der Waals surface area contributed by atoms with Crippen LogP contribution in [0.5, 0.6) is 0 Å². The van der Waals surface area contributed by atoms with Gasteiger partial charge < -0.3 is 0 Å². The van der Waals surface area contributed by atoms with Gasteiger partial charge in [-0.3, -0.25) is 0 Å². The van der Waals surface area contributed by atoms with Gasteiger partial charge in [-0.2, -0.15) is 0 Å². The molecule has 0 aliphatic heterocycles. The lowest BCUT2D eigenvalue weighted by molar-refractivity contribution is 0.443. The maximum atomic E-state index is 2.51. The van der Waals surface area contributed by atoms with E-state index in [9.17, 15) is 0 Å². The summed E-state index contributed by atoms with van der Waals surface area (Å²) in [6.45, 7) is 0. The van der Waals surface area contributed by atoms with Crippen LogP contribution in [-0.2, 0) is 12.8 Å². The van der Waals surface area contributed by atoms with Gasteiger partial charge in [0.25, 0.3) is 0 Å². The Kier molecular flexibility index (Phi) is 2.52. The Morgan fingerprint density at radius 2 is 1.60 bits per heavy atom. The Morgan fingerprint density at radius 3 is 2.47 bits per heavy atom. The fourth-order valence-corrected chi connectivity index (χ4v) is 3.28. The lowest BCUT2D eigenvalue weighted by atomic mass is 9.83. The number of rotatable bonds is 1. The van der Waals surface area contributed by atoms with Crippen LogP contribution in [0.2, 0.25) is 0 Å². The monoisotopic (exact) mass is 200 g/mol. The van der Waals surface area contributed by atoms with Gasteiger partial charge in [-0.1, -0.05) is 37.5 Å². The molecule has 0 amide bonds. The predicted octanol–water partition coefficient (Wildman–Crippen LogP) is 4.22. The van der Waals surface area contributed by atoms with Crippen LogP contribution in [0, 0.1) is 0 Å². The van der Waals surface area contributed by atoms with Crippen molar-refractivity contribution in [3.63, 3.8) is 0 Å². The molecule has 0 unspecified atom stereocenters. The minimum atomic E-state index is 0.879. The molecule has 15 heavy (non-hydrogen) atoms. The molecule has 0 nitrogen and oxygen atoms in total. The fraction of sp³-hybridized carbons (Fsp3) is 0.600. The predicted molar refractivity (Wildman–Crippen MR) is 64.3 cm³/mol. The van der Waals surface area contributed by atoms with Crippen LogP contribution >= 0.6 is 0 Å². The van der Waals surface area contributed by atoms with Crippen LogP contribution in [0.15, 0.2) is 18.2 Å². The summed E-state index contributed by atoms with van der Waals surface area (Å²) in [6, 6.07) is 7.31. The molecular formula is C15H20. The van der Waals surface area contributed by atoms with Gasteiger partial charge in [0.05, 0.1) is 0 Å². The van der Waals surface area contributed by atoms with Gasteiger partial charge in [0.2, 0.25) is 0 Å². The normalized spacial score (nSPS) is 21.6. The van der Waals surface area contributed by atoms with Crippen LogP contribution in [-0.4, -0.2) is 0 Å². The lowest BCUT2D eigenvalue weighted by Crippen LogP contribution is -2.04. The smallest absolute Gasteiger partial charge is 0.0162 e. The second-order valence-electron chi connectivity index (χ2n) is 5.22. The van der Waals surface area contributed by atoms with E-state index in [1.165, 1.54) is 51.4 Å². The van der Waals surface area contributed by atoms with Gasteiger partial charge in [-0.15, -0.1) is 0 Å². The van der Waals surface area contributed by atoms with Gasteiger partial charge >= 0.3 is 0 Å². The second-order valence-corrected chi connectivity index (χ2v) is 5.22. The topological polar surface area (TPSA) is 0 Å². The molecule has 2 aliphatic rings. The molecular weight excluding hydrogens is 180 g/mol. The highest BCUT2D eigenvalue weighted by molar-refractivity contribution is 5.36. The first-order valence-corrected chi connectivity index (χ1v) is 6.55. The molecule has 0 heteroatoms. The largest absolute Gasteiger partial charge is 0.0585 e. The molecule has 0 saturated heterocycles. The second kappa shape index (κ2) is 4.00. The van der Waals surface area contributed by atoms with Crippen molar-refractivity contribution < 1.29 is 0 Å². The van der Waals surface area contributed by atoms with Gasteiger partial charge in [0.1, 0.15) is 0 Å². The zero-order valence-electron chi connectivity index (χ0n) is 9.47. The molecule has 0 atom stereocenters. The molecule has 0 heterocycles. The molecule has 1 saturated carbocycles. The summed E-state index contributed by atoms with van der Waals surface area (Å²) in [7, 11) is 0. The fourth-order valence-electron chi connectivity index (χ4n) is 3.28. The van der Waals surface area contributed by atoms with Crippen LogP contribution in [0.3, 0.4) is 0 Å². The summed E-state index contributed by atoms with van der Waals surface area (Å²) in [4.78, 5) is 0. The molecule has 1 fully saturated rings. The van der Waals surface area contributed by atoms with Crippen molar-refractivity contribution in [1.82, 2.24) is 0 Å². The summed E-state index contributed by atoms with van der Waals surface area (Å²) in [5, 5.41) is 0. The first-order chi connectivity index (χ1) is 7.43. The maximum Gasteiger partial charge on any atom is -0.0162 e. The quantitative estimate of drug-likeness (QED) is 0.636. The van der Waals surface area contributed by atoms with Crippen molar-refractivity contribution in [1.29, 1.82) is 0 Å². The number of aryl methyl sites for hydroxylation is 2. The Hall–Kier alpha value is -0.780. The van der Waals surface area contributed by atoms with Gasteiger partial charge in [0.15, 0.2) is 0 Å². The van der Waals surface area contributed by atoms with Gasteiger partial charge in [0, 0.05) is 0 Å². The first kappa shape index (κ1) is 9.45. The van der Waals surface area contributed by atoms with Crippen molar-refractivity contribution in [3.8, 4) is 0 Å². The third kappa shape index (κ3) is 1.82. The Balaban J connectivity index is 1.85. The highest BCUT2D eigenvalue weighted by Gasteiger charge is 2.18. The van der Waals surface area contributed by atoms with E-state index >= 15 is 0 Å². The van der Waals surface area contributed by atoms with Gasteiger partial charge in [-0.05, 0) is 54.7 Å². The summed E-state index contributed by atoms with van der Waals surface area (Å²) in [5.41, 5.74) is 4.91. The molecule has 1 aromatic carbocycles. The van der Waals surface area contributed by atoms with E-state index in [0.29, 0.717) is 0 Å². The van der Waals surface area contributed by atoms with Crippen molar-refractivity contribution in [2.24, 2.45) is 0 Å². The van der Waals surface area contributed by atoms with Crippen LogP contribution in [0.4, 0.5) is 0 Å². The summed E-state index contributed by atoms with van der Waals surface area (Å²) in [6.07, 6.45) is 11.2. The first-order valence-electron chi connectivity index (χ1n) is 6.55.